The van der Waals surface area contributed by atoms with Crippen LogP contribution in [0.4, 0.5) is 0 Å². The van der Waals surface area contributed by atoms with Crippen LogP contribution in [-0.2, 0) is 19.2 Å². The van der Waals surface area contributed by atoms with Gasteiger partial charge in [-0.15, -0.1) is 0 Å². The van der Waals surface area contributed by atoms with E-state index < -0.39 is 54.5 Å². The van der Waals surface area contributed by atoms with Crippen LogP contribution >= 0.6 is 0 Å². The van der Waals surface area contributed by atoms with Crippen LogP contribution in [0.1, 0.15) is 47.0 Å². The van der Waals surface area contributed by atoms with Crippen LogP contribution in [0.15, 0.2) is 0 Å². The molecule has 0 aromatic heterocycles. The lowest BCUT2D eigenvalue weighted by Crippen LogP contribution is -2.58. The lowest BCUT2D eigenvalue weighted by molar-refractivity contribution is -0.146. The molecule has 3 amide bonds. The van der Waals surface area contributed by atoms with E-state index in [9.17, 15) is 19.2 Å². The third-order valence-corrected chi connectivity index (χ3v) is 4.93. The van der Waals surface area contributed by atoms with Gasteiger partial charge in [0, 0.05) is 6.54 Å². The van der Waals surface area contributed by atoms with Crippen molar-refractivity contribution in [3.63, 3.8) is 0 Å². The summed E-state index contributed by atoms with van der Waals surface area (Å²) in [5.74, 6) is -2.82. The van der Waals surface area contributed by atoms with Crippen LogP contribution in [-0.4, -0.2) is 76.1 Å². The molecule has 0 radical (unpaired) electrons. The van der Waals surface area contributed by atoms with Gasteiger partial charge < -0.3 is 31.5 Å². The third kappa shape index (κ3) is 6.97. The Morgan fingerprint density at radius 1 is 1.14 bits per heavy atom. The molecule has 1 heterocycles. The molecule has 0 spiro atoms. The first kappa shape index (κ1) is 24.8. The lowest BCUT2D eigenvalue weighted by Gasteiger charge is -2.31. The molecule has 4 atom stereocenters. The standard InChI is InChI=1S/C19H34N4O6/c1-10(2)8-12(20)16(25)22-15(11(3)4)18(27)23-7-5-6-14(23)17(26)21-13(9-24)19(28)29/h10-15,24H,5-9,20H2,1-4H3,(H,21,26)(H,22,25)(H,28,29). The number of hydrogen-bond donors (Lipinski definition) is 5. The van der Waals surface area contributed by atoms with Crippen molar-refractivity contribution in [1.29, 1.82) is 0 Å². The predicted molar refractivity (Wildman–Crippen MR) is 106 cm³/mol. The number of hydrogen-bond acceptors (Lipinski definition) is 6. The number of nitrogens with one attached hydrogen (secondary N) is 2. The number of aliphatic hydroxyl groups excluding tert-OH is 1. The van der Waals surface area contributed by atoms with E-state index in [1.807, 2.05) is 13.8 Å². The van der Waals surface area contributed by atoms with E-state index in [-0.39, 0.29) is 11.8 Å². The molecule has 6 N–H and O–H groups in total. The maximum Gasteiger partial charge on any atom is 0.328 e. The topological polar surface area (TPSA) is 162 Å². The maximum atomic E-state index is 13.1. The van der Waals surface area contributed by atoms with Gasteiger partial charge in [-0.1, -0.05) is 27.7 Å². The van der Waals surface area contributed by atoms with Crippen LogP contribution in [0, 0.1) is 11.8 Å². The molecule has 29 heavy (non-hydrogen) atoms. The smallest absolute Gasteiger partial charge is 0.328 e. The van der Waals surface area contributed by atoms with Gasteiger partial charge in [0.25, 0.3) is 0 Å². The highest BCUT2D eigenvalue weighted by atomic mass is 16.4. The van der Waals surface area contributed by atoms with E-state index in [1.165, 1.54) is 4.90 Å². The van der Waals surface area contributed by atoms with Crippen molar-refractivity contribution < 1.29 is 29.4 Å². The Bertz CT molecular complexity index is 610. The Balaban J connectivity index is 2.88. The highest BCUT2D eigenvalue weighted by Gasteiger charge is 2.39. The molecule has 0 aromatic carbocycles. The van der Waals surface area contributed by atoms with E-state index in [0.717, 1.165) is 0 Å². The number of amides is 3. The molecule has 1 saturated heterocycles. The molecule has 0 aliphatic carbocycles. The molecular formula is C19H34N4O6. The summed E-state index contributed by atoms with van der Waals surface area (Å²) in [6.45, 7) is 7.04. The number of carbonyl (C=O) groups is 4. The van der Waals surface area contributed by atoms with Crippen LogP contribution < -0.4 is 16.4 Å². The van der Waals surface area contributed by atoms with Gasteiger partial charge in [0.05, 0.1) is 12.6 Å². The average molecular weight is 415 g/mol. The van der Waals surface area contributed by atoms with E-state index in [1.54, 1.807) is 13.8 Å². The number of likely N-dealkylation sites (tertiary alicyclic amines) is 1. The van der Waals surface area contributed by atoms with Crippen molar-refractivity contribution in [3.8, 4) is 0 Å². The molecule has 0 saturated carbocycles. The van der Waals surface area contributed by atoms with Crippen molar-refractivity contribution in [2.45, 2.75) is 71.1 Å². The van der Waals surface area contributed by atoms with E-state index in [0.29, 0.717) is 25.8 Å². The Morgan fingerprint density at radius 3 is 2.24 bits per heavy atom. The molecule has 10 nitrogen and oxygen atoms in total. The zero-order chi connectivity index (χ0) is 22.3. The Morgan fingerprint density at radius 2 is 1.76 bits per heavy atom. The summed E-state index contributed by atoms with van der Waals surface area (Å²) in [4.78, 5) is 50.4. The number of nitrogens with zero attached hydrogens (tertiary/aromatic N) is 1. The molecule has 1 rings (SSSR count). The minimum Gasteiger partial charge on any atom is -0.480 e. The van der Waals surface area contributed by atoms with Crippen molar-refractivity contribution in [1.82, 2.24) is 15.5 Å². The molecular weight excluding hydrogens is 380 g/mol. The van der Waals surface area contributed by atoms with Gasteiger partial charge >= 0.3 is 5.97 Å². The van der Waals surface area contributed by atoms with E-state index in [2.05, 4.69) is 10.6 Å². The zero-order valence-corrected chi connectivity index (χ0v) is 17.6. The fourth-order valence-corrected chi connectivity index (χ4v) is 3.32. The molecule has 0 bridgehead atoms. The number of rotatable bonds is 10. The van der Waals surface area contributed by atoms with Crippen LogP contribution in [0.3, 0.4) is 0 Å². The monoisotopic (exact) mass is 414 g/mol. The van der Waals surface area contributed by atoms with Crippen LogP contribution in [0.2, 0.25) is 0 Å². The van der Waals surface area contributed by atoms with Gasteiger partial charge in [0.15, 0.2) is 0 Å². The summed E-state index contributed by atoms with van der Waals surface area (Å²) in [6, 6.07) is -3.86. The fourth-order valence-electron chi connectivity index (χ4n) is 3.32. The molecule has 10 heteroatoms. The van der Waals surface area contributed by atoms with Gasteiger partial charge in [-0.2, -0.15) is 0 Å². The lowest BCUT2D eigenvalue weighted by atomic mass is 9.99. The number of nitrogens with two attached hydrogens (primary N) is 1. The average Bonchev–Trinajstić information content (AvgIpc) is 3.11. The minimum absolute atomic E-state index is 0.226. The SMILES string of the molecule is CC(C)CC(N)C(=O)NC(C(=O)N1CCCC1C(=O)NC(CO)C(=O)O)C(C)C. The maximum absolute atomic E-state index is 13.1. The number of aliphatic hydroxyl groups is 1. The van der Waals surface area contributed by atoms with Gasteiger partial charge in [-0.3, -0.25) is 14.4 Å². The first-order valence-corrected chi connectivity index (χ1v) is 10.00. The number of aliphatic carboxylic acids is 1. The minimum atomic E-state index is -1.44. The largest absolute Gasteiger partial charge is 0.480 e. The number of carboxylic acids is 1. The summed E-state index contributed by atoms with van der Waals surface area (Å²) >= 11 is 0. The molecule has 1 aliphatic heterocycles. The van der Waals surface area contributed by atoms with Crippen molar-refractivity contribution in [2.75, 3.05) is 13.2 Å². The summed E-state index contributed by atoms with van der Waals surface area (Å²) in [5, 5.41) is 23.1. The van der Waals surface area contributed by atoms with Gasteiger partial charge in [-0.05, 0) is 31.1 Å². The number of carboxylic acid groups (broad SMARTS) is 1. The highest BCUT2D eigenvalue weighted by molar-refractivity contribution is 5.94. The van der Waals surface area contributed by atoms with Crippen LogP contribution in [0.25, 0.3) is 0 Å². The van der Waals surface area contributed by atoms with Gasteiger partial charge in [0.1, 0.15) is 18.1 Å². The predicted octanol–water partition coefficient (Wildman–Crippen LogP) is -0.947. The number of carbonyl (C=O) groups excluding carboxylic acids is 3. The Kier molecular flexibility index (Phi) is 9.51. The van der Waals surface area contributed by atoms with E-state index >= 15 is 0 Å². The van der Waals surface area contributed by atoms with E-state index in [4.69, 9.17) is 15.9 Å². The second kappa shape index (κ2) is 11.1. The van der Waals surface area contributed by atoms with Gasteiger partial charge in [0.2, 0.25) is 17.7 Å². The molecule has 166 valence electrons. The summed E-state index contributed by atoms with van der Waals surface area (Å²) in [7, 11) is 0. The second-order valence-corrected chi connectivity index (χ2v) is 8.24. The highest BCUT2D eigenvalue weighted by Crippen LogP contribution is 2.21. The second-order valence-electron chi connectivity index (χ2n) is 8.24. The molecule has 1 aliphatic rings. The quantitative estimate of drug-likeness (QED) is 0.308. The molecule has 4 unspecified atom stereocenters. The van der Waals surface area contributed by atoms with Crippen molar-refractivity contribution in [2.24, 2.45) is 17.6 Å². The third-order valence-electron chi connectivity index (χ3n) is 4.93. The fraction of sp³-hybridized carbons (Fsp3) is 0.789. The molecule has 0 aromatic rings. The Hall–Kier alpha value is -2.20. The van der Waals surface area contributed by atoms with Gasteiger partial charge in [-0.25, -0.2) is 4.79 Å². The molecule has 1 fully saturated rings. The van der Waals surface area contributed by atoms with Crippen LogP contribution in [0.5, 0.6) is 0 Å². The Labute approximate surface area is 171 Å². The van der Waals surface area contributed by atoms with Crippen molar-refractivity contribution >= 4 is 23.7 Å². The zero-order valence-electron chi connectivity index (χ0n) is 17.6. The first-order chi connectivity index (χ1) is 13.5. The van der Waals surface area contributed by atoms with Crippen molar-refractivity contribution in [3.05, 3.63) is 0 Å². The summed E-state index contributed by atoms with van der Waals surface area (Å²) < 4.78 is 0. The first-order valence-electron chi connectivity index (χ1n) is 10.00. The summed E-state index contributed by atoms with van der Waals surface area (Å²) in [5.41, 5.74) is 5.91. The summed E-state index contributed by atoms with van der Waals surface area (Å²) in [6.07, 6.45) is 1.44. The normalized spacial score (nSPS) is 19.7.